The van der Waals surface area contributed by atoms with Gasteiger partial charge >= 0.3 is 0 Å². The van der Waals surface area contributed by atoms with E-state index in [0.29, 0.717) is 5.15 Å². The minimum absolute atomic E-state index is 0.693. The van der Waals surface area contributed by atoms with E-state index in [2.05, 4.69) is 22.5 Å². The Morgan fingerprint density at radius 2 is 2.29 bits per heavy atom. The fourth-order valence-corrected chi connectivity index (χ4v) is 1.72. The zero-order valence-corrected chi connectivity index (χ0v) is 8.97. The number of rotatable bonds is 2. The van der Waals surface area contributed by atoms with Gasteiger partial charge in [-0.15, -0.1) is 0 Å². The number of benzene rings is 1. The Morgan fingerprint density at radius 1 is 1.50 bits per heavy atom. The molecule has 2 rings (SSSR count). The predicted molar refractivity (Wildman–Crippen MR) is 58.5 cm³/mol. The van der Waals surface area contributed by atoms with Crippen LogP contribution in [0, 0.1) is 0 Å². The van der Waals surface area contributed by atoms with Crippen molar-refractivity contribution >= 4 is 22.5 Å². The summed E-state index contributed by atoms with van der Waals surface area (Å²) in [5, 5.41) is 9.09. The van der Waals surface area contributed by atoms with Crippen molar-refractivity contribution in [1.29, 1.82) is 0 Å². The molecule has 0 aliphatic heterocycles. The first-order chi connectivity index (χ1) is 6.72. The van der Waals surface area contributed by atoms with E-state index in [4.69, 9.17) is 11.6 Å². The van der Waals surface area contributed by atoms with Crippen LogP contribution in [-0.4, -0.2) is 16.8 Å². The quantitative estimate of drug-likeness (QED) is 0.820. The summed E-state index contributed by atoms with van der Waals surface area (Å²) < 4.78 is 1.69. The number of aryl methyl sites for hydroxylation is 1. The first-order valence-electron chi connectivity index (χ1n) is 4.48. The van der Waals surface area contributed by atoms with Crippen LogP contribution in [0.3, 0.4) is 0 Å². The third kappa shape index (κ3) is 1.49. The predicted octanol–water partition coefficient (Wildman–Crippen LogP) is 1.95. The number of nitrogens with one attached hydrogen (secondary N) is 1. The first kappa shape index (κ1) is 9.49. The molecule has 0 spiro atoms. The maximum absolute atomic E-state index is 6.09. The topological polar surface area (TPSA) is 29.9 Å². The van der Waals surface area contributed by atoms with Gasteiger partial charge in [0.15, 0.2) is 0 Å². The fraction of sp³-hybridized carbons (Fsp3) is 0.300. The third-order valence-electron chi connectivity index (χ3n) is 2.21. The summed E-state index contributed by atoms with van der Waals surface area (Å²) in [6.07, 6.45) is 0. The molecular weight excluding hydrogens is 198 g/mol. The van der Waals surface area contributed by atoms with Gasteiger partial charge in [0.25, 0.3) is 0 Å². The number of fused-ring (bicyclic) bond motifs is 1. The van der Waals surface area contributed by atoms with Crippen molar-refractivity contribution in [3.05, 3.63) is 28.9 Å². The van der Waals surface area contributed by atoms with E-state index >= 15 is 0 Å². The minimum Gasteiger partial charge on any atom is -0.316 e. The molecule has 0 saturated carbocycles. The molecule has 74 valence electrons. The van der Waals surface area contributed by atoms with Crippen molar-refractivity contribution in [2.24, 2.45) is 7.05 Å². The van der Waals surface area contributed by atoms with Crippen LogP contribution in [0.4, 0.5) is 0 Å². The fourth-order valence-electron chi connectivity index (χ4n) is 1.53. The second-order valence-electron chi connectivity index (χ2n) is 3.30. The standard InChI is InChI=1S/C10H12ClN3/c1-12-6-7-3-4-9-8(5-7)10(11)14(2)13-9/h3-5,12H,6H2,1-2H3. The van der Waals surface area contributed by atoms with Crippen molar-refractivity contribution < 1.29 is 0 Å². The van der Waals surface area contributed by atoms with Gasteiger partial charge < -0.3 is 5.32 Å². The molecule has 1 aromatic heterocycles. The van der Waals surface area contributed by atoms with Crippen molar-refractivity contribution in [2.45, 2.75) is 6.54 Å². The van der Waals surface area contributed by atoms with E-state index in [1.165, 1.54) is 5.56 Å². The van der Waals surface area contributed by atoms with Crippen LogP contribution in [0.15, 0.2) is 18.2 Å². The molecule has 0 fully saturated rings. The van der Waals surface area contributed by atoms with E-state index in [9.17, 15) is 0 Å². The van der Waals surface area contributed by atoms with Gasteiger partial charge in [0, 0.05) is 19.0 Å². The van der Waals surface area contributed by atoms with Gasteiger partial charge in [-0.25, -0.2) is 0 Å². The lowest BCUT2D eigenvalue weighted by Crippen LogP contribution is -2.04. The number of hydrogen-bond acceptors (Lipinski definition) is 2. The molecule has 1 heterocycles. The smallest absolute Gasteiger partial charge is 0.134 e. The lowest BCUT2D eigenvalue weighted by atomic mass is 10.1. The molecule has 2 aromatic rings. The first-order valence-corrected chi connectivity index (χ1v) is 4.86. The summed E-state index contributed by atoms with van der Waals surface area (Å²) in [6, 6.07) is 6.12. The van der Waals surface area contributed by atoms with E-state index in [1.54, 1.807) is 4.68 Å². The molecule has 0 radical (unpaired) electrons. The van der Waals surface area contributed by atoms with Crippen LogP contribution in [-0.2, 0) is 13.6 Å². The molecule has 4 heteroatoms. The lowest BCUT2D eigenvalue weighted by molar-refractivity contribution is 0.780. The van der Waals surface area contributed by atoms with Gasteiger partial charge in [-0.05, 0) is 24.7 Å². The highest BCUT2D eigenvalue weighted by Crippen LogP contribution is 2.23. The molecule has 0 bridgehead atoms. The Labute approximate surface area is 87.7 Å². The largest absolute Gasteiger partial charge is 0.316 e. The van der Waals surface area contributed by atoms with E-state index in [-0.39, 0.29) is 0 Å². The molecule has 0 unspecified atom stereocenters. The number of halogens is 1. The zero-order valence-electron chi connectivity index (χ0n) is 8.21. The van der Waals surface area contributed by atoms with Crippen molar-refractivity contribution in [3.63, 3.8) is 0 Å². The van der Waals surface area contributed by atoms with Crippen LogP contribution in [0.2, 0.25) is 5.15 Å². The molecule has 1 N–H and O–H groups in total. The van der Waals surface area contributed by atoms with E-state index < -0.39 is 0 Å². The molecule has 0 amide bonds. The summed E-state index contributed by atoms with van der Waals surface area (Å²) >= 11 is 6.09. The molecule has 14 heavy (non-hydrogen) atoms. The van der Waals surface area contributed by atoms with Gasteiger partial charge in [-0.2, -0.15) is 5.10 Å². The molecule has 0 atom stereocenters. The van der Waals surface area contributed by atoms with Gasteiger partial charge in [-0.3, -0.25) is 4.68 Å². The average molecular weight is 210 g/mol. The lowest BCUT2D eigenvalue weighted by Gasteiger charge is -1.98. The summed E-state index contributed by atoms with van der Waals surface area (Å²) in [5.74, 6) is 0. The summed E-state index contributed by atoms with van der Waals surface area (Å²) in [4.78, 5) is 0. The minimum atomic E-state index is 0.693. The monoisotopic (exact) mass is 209 g/mol. The SMILES string of the molecule is CNCc1ccc2nn(C)c(Cl)c2c1. The molecule has 0 aliphatic rings. The highest BCUT2D eigenvalue weighted by Gasteiger charge is 2.06. The second kappa shape index (κ2) is 3.59. The van der Waals surface area contributed by atoms with E-state index in [0.717, 1.165) is 17.4 Å². The third-order valence-corrected chi connectivity index (χ3v) is 2.65. The summed E-state index contributed by atoms with van der Waals surface area (Å²) in [5.41, 5.74) is 2.16. The van der Waals surface area contributed by atoms with Crippen LogP contribution < -0.4 is 5.32 Å². The number of aromatic nitrogens is 2. The molecule has 0 aliphatic carbocycles. The Kier molecular flexibility index (Phi) is 2.44. The van der Waals surface area contributed by atoms with Crippen LogP contribution in [0.25, 0.3) is 10.9 Å². The van der Waals surface area contributed by atoms with Gasteiger partial charge in [0.2, 0.25) is 0 Å². The van der Waals surface area contributed by atoms with Gasteiger partial charge in [0.05, 0.1) is 5.52 Å². The van der Waals surface area contributed by atoms with Gasteiger partial charge in [-0.1, -0.05) is 17.7 Å². The van der Waals surface area contributed by atoms with Crippen LogP contribution in [0.5, 0.6) is 0 Å². The van der Waals surface area contributed by atoms with Gasteiger partial charge in [0.1, 0.15) is 5.15 Å². The Hall–Kier alpha value is -1.06. The molecule has 0 saturated heterocycles. The second-order valence-corrected chi connectivity index (χ2v) is 3.65. The van der Waals surface area contributed by atoms with Crippen molar-refractivity contribution in [1.82, 2.24) is 15.1 Å². The molecule has 1 aromatic carbocycles. The van der Waals surface area contributed by atoms with Crippen LogP contribution >= 0.6 is 11.6 Å². The highest BCUT2D eigenvalue weighted by molar-refractivity contribution is 6.34. The molecule has 3 nitrogen and oxygen atoms in total. The molecular formula is C10H12ClN3. The number of hydrogen-bond donors (Lipinski definition) is 1. The van der Waals surface area contributed by atoms with Crippen molar-refractivity contribution in [2.75, 3.05) is 7.05 Å². The maximum atomic E-state index is 6.09. The number of nitrogens with zero attached hydrogens (tertiary/aromatic N) is 2. The normalized spacial score (nSPS) is 11.1. The highest BCUT2D eigenvalue weighted by atomic mass is 35.5. The Morgan fingerprint density at radius 3 is 3.00 bits per heavy atom. The Bertz CT molecular complexity index is 462. The van der Waals surface area contributed by atoms with Crippen LogP contribution in [0.1, 0.15) is 5.56 Å². The van der Waals surface area contributed by atoms with E-state index in [1.807, 2.05) is 20.2 Å². The Balaban J connectivity index is 2.58. The average Bonchev–Trinajstić information content (AvgIpc) is 2.45. The summed E-state index contributed by atoms with van der Waals surface area (Å²) in [6.45, 7) is 0.848. The maximum Gasteiger partial charge on any atom is 0.134 e. The van der Waals surface area contributed by atoms with Crippen molar-refractivity contribution in [3.8, 4) is 0 Å². The summed E-state index contributed by atoms with van der Waals surface area (Å²) in [7, 11) is 3.77. The zero-order chi connectivity index (χ0) is 10.1.